The van der Waals surface area contributed by atoms with Crippen LogP contribution in [0.5, 0.6) is 0 Å². The predicted octanol–water partition coefficient (Wildman–Crippen LogP) is -0.0701. The average molecular weight is 389 g/mol. The molecule has 0 bridgehead atoms. The lowest BCUT2D eigenvalue weighted by molar-refractivity contribution is -0.385. The lowest BCUT2D eigenvalue weighted by atomic mass is 9.63. The number of nitrogens with zero attached hydrogens (tertiary/aromatic N) is 3. The second-order valence-electron chi connectivity index (χ2n) is 6.93. The van der Waals surface area contributed by atoms with E-state index in [1.807, 2.05) is 0 Å². The highest BCUT2D eigenvalue weighted by Crippen LogP contribution is 2.39. The molecule has 28 heavy (non-hydrogen) atoms. The van der Waals surface area contributed by atoms with Crippen LogP contribution in [0.25, 0.3) is 5.53 Å². The number of nitro benzene ring substituents is 1. The largest absolute Gasteiger partial charge is 0.472 e. The minimum atomic E-state index is -1.76. The Labute approximate surface area is 159 Å². The summed E-state index contributed by atoms with van der Waals surface area (Å²) in [6, 6.07) is 4.12. The fourth-order valence-corrected chi connectivity index (χ4v) is 3.51. The number of aliphatic carboxylic acids is 1. The van der Waals surface area contributed by atoms with Crippen molar-refractivity contribution in [3.8, 4) is 0 Å². The van der Waals surface area contributed by atoms with Crippen LogP contribution in [-0.4, -0.2) is 50.3 Å². The zero-order valence-electron chi connectivity index (χ0n) is 15.2. The van der Waals surface area contributed by atoms with Gasteiger partial charge in [0.25, 0.3) is 11.5 Å². The summed E-state index contributed by atoms with van der Waals surface area (Å²) >= 11 is 0. The molecule has 2 rings (SSSR count). The highest BCUT2D eigenvalue weighted by Gasteiger charge is 2.58. The molecule has 11 nitrogen and oxygen atoms in total. The zero-order valence-corrected chi connectivity index (χ0v) is 15.2. The number of nitrogens with one attached hydrogen (secondary N) is 1. The van der Waals surface area contributed by atoms with Crippen LogP contribution in [0.2, 0.25) is 0 Å². The minimum absolute atomic E-state index is 0.163. The summed E-state index contributed by atoms with van der Waals surface area (Å²) < 4.78 is 0. The van der Waals surface area contributed by atoms with Crippen LogP contribution >= 0.6 is 0 Å². The van der Waals surface area contributed by atoms with Crippen molar-refractivity contribution in [2.45, 2.75) is 32.4 Å². The summed E-state index contributed by atoms with van der Waals surface area (Å²) in [4.78, 5) is 49.5. The van der Waals surface area contributed by atoms with E-state index in [1.165, 1.54) is 31.2 Å². The van der Waals surface area contributed by atoms with Gasteiger partial charge in [0.2, 0.25) is 5.91 Å². The molecule has 1 unspecified atom stereocenters. The molecular formula is C17H19N5O6. The number of β-lactam (4-membered cyclic amide) rings is 1. The van der Waals surface area contributed by atoms with Gasteiger partial charge in [-0.25, -0.2) is 4.79 Å². The van der Waals surface area contributed by atoms with Crippen molar-refractivity contribution in [1.29, 1.82) is 0 Å². The smallest absolute Gasteiger partial charge is 0.441 e. The maximum atomic E-state index is 13.0. The number of nitro groups is 1. The number of para-hydroxylation sites is 1. The maximum Gasteiger partial charge on any atom is 0.441 e. The van der Waals surface area contributed by atoms with Gasteiger partial charge in [0.15, 0.2) is 0 Å². The van der Waals surface area contributed by atoms with E-state index in [0.29, 0.717) is 0 Å². The second-order valence-corrected chi connectivity index (χ2v) is 6.93. The molecule has 1 aliphatic heterocycles. The fourth-order valence-electron chi connectivity index (χ4n) is 3.51. The van der Waals surface area contributed by atoms with Crippen LogP contribution in [0.15, 0.2) is 24.3 Å². The van der Waals surface area contributed by atoms with Gasteiger partial charge in [-0.05, 0) is 20.3 Å². The van der Waals surface area contributed by atoms with Gasteiger partial charge < -0.3 is 21.7 Å². The third kappa shape index (κ3) is 3.53. The molecule has 1 amide bonds. The molecule has 4 atom stereocenters. The van der Waals surface area contributed by atoms with E-state index in [4.69, 9.17) is 11.3 Å². The molecule has 0 spiro atoms. The quantitative estimate of drug-likeness (QED) is 0.105. The van der Waals surface area contributed by atoms with E-state index >= 15 is 0 Å². The lowest BCUT2D eigenvalue weighted by Crippen LogP contribution is -2.71. The predicted molar refractivity (Wildman–Crippen MR) is 95.2 cm³/mol. The Morgan fingerprint density at radius 2 is 2.07 bits per heavy atom. The molecule has 4 N–H and O–H groups in total. The number of carbonyl (C=O) groups excluding carboxylic acids is 2. The molecule has 1 aliphatic rings. The van der Waals surface area contributed by atoms with Gasteiger partial charge in [-0.3, -0.25) is 19.7 Å². The first-order chi connectivity index (χ1) is 13.0. The van der Waals surface area contributed by atoms with Gasteiger partial charge in [-0.1, -0.05) is 18.2 Å². The number of rotatable bonds is 8. The van der Waals surface area contributed by atoms with E-state index in [0.717, 1.165) is 0 Å². The number of carboxylic acid groups (broad SMARTS) is 1. The zero-order chi connectivity index (χ0) is 21.2. The van der Waals surface area contributed by atoms with Crippen LogP contribution in [-0.2, 0) is 20.8 Å². The van der Waals surface area contributed by atoms with E-state index < -0.39 is 51.7 Å². The number of ketones is 1. The Hall–Kier alpha value is -3.43. The molecule has 11 heteroatoms. The molecule has 148 valence electrons. The summed E-state index contributed by atoms with van der Waals surface area (Å²) in [5, 5.41) is 23.1. The summed E-state index contributed by atoms with van der Waals surface area (Å²) in [6.07, 6.45) is -0.274. The molecule has 1 aromatic carbocycles. The van der Waals surface area contributed by atoms with Gasteiger partial charge in [0.05, 0.1) is 22.3 Å². The SMILES string of the molecule is C[C@@H](N)[C@H]1C(=O)N[C@H]1C(C)(Cc1ccccc1[N+](=O)[O-])C(=O)C(=[N+]=[N-])C(=O)O. The molecule has 1 aromatic rings. The van der Waals surface area contributed by atoms with Gasteiger partial charge >= 0.3 is 11.7 Å². The number of amides is 1. The molecule has 0 radical (unpaired) electrons. The third-order valence-corrected chi connectivity index (χ3v) is 4.99. The number of hydrogen-bond acceptors (Lipinski definition) is 6. The molecule has 1 saturated heterocycles. The van der Waals surface area contributed by atoms with Gasteiger partial charge in [0.1, 0.15) is 0 Å². The van der Waals surface area contributed by atoms with Crippen LogP contribution in [0.4, 0.5) is 5.69 Å². The molecule has 0 aliphatic carbocycles. The van der Waals surface area contributed by atoms with E-state index in [9.17, 15) is 29.6 Å². The highest BCUT2D eigenvalue weighted by atomic mass is 16.6. The lowest BCUT2D eigenvalue weighted by Gasteiger charge is -2.48. The van der Waals surface area contributed by atoms with Crippen molar-refractivity contribution in [2.75, 3.05) is 0 Å². The number of Topliss-reactive ketones (excluding diaryl/α,β-unsaturated/α-hetero) is 1. The Bertz CT molecular complexity index is 907. The van der Waals surface area contributed by atoms with Crippen molar-refractivity contribution < 1.29 is 29.2 Å². The fraction of sp³-hybridized carbons (Fsp3) is 0.412. The number of nitrogens with two attached hydrogens (primary N) is 1. The summed E-state index contributed by atoms with van der Waals surface area (Å²) in [5.74, 6) is -4.06. The van der Waals surface area contributed by atoms with Crippen molar-refractivity contribution in [3.05, 3.63) is 45.5 Å². The summed E-state index contributed by atoms with van der Waals surface area (Å²) in [7, 11) is 0. The van der Waals surface area contributed by atoms with Crippen molar-refractivity contribution in [3.63, 3.8) is 0 Å². The first-order valence-electron chi connectivity index (χ1n) is 8.33. The standard InChI is InChI=1S/C17H19N5O6/c1-8(18)11-13(20-15(11)24)17(2,14(23)12(21-19)16(25)26)7-9-5-3-4-6-10(9)22(27)28/h3-6,8,11,13H,7,18H2,1-2H3,(H,20,24)(H,25,26)/t8-,11-,13-,17?/m1/s1. The second kappa shape index (κ2) is 7.67. The Kier molecular flexibility index (Phi) is 5.72. The normalized spacial score (nSPS) is 21.3. The number of benzene rings is 1. The molecule has 0 saturated carbocycles. The van der Waals surface area contributed by atoms with Crippen LogP contribution in [0.3, 0.4) is 0 Å². The molecule has 0 aromatic heterocycles. The van der Waals surface area contributed by atoms with E-state index in [1.54, 1.807) is 6.92 Å². The molecule has 1 heterocycles. The maximum absolute atomic E-state index is 13.0. The highest BCUT2D eigenvalue weighted by molar-refractivity contribution is 6.63. The van der Waals surface area contributed by atoms with Crippen molar-refractivity contribution in [1.82, 2.24) is 5.32 Å². The Morgan fingerprint density at radius 1 is 1.46 bits per heavy atom. The minimum Gasteiger partial charge on any atom is -0.472 e. The van der Waals surface area contributed by atoms with Crippen LogP contribution < -0.4 is 11.1 Å². The van der Waals surface area contributed by atoms with Gasteiger partial charge in [-0.2, -0.15) is 4.79 Å². The third-order valence-electron chi connectivity index (χ3n) is 4.99. The van der Waals surface area contributed by atoms with E-state index in [-0.39, 0.29) is 17.7 Å². The van der Waals surface area contributed by atoms with Crippen LogP contribution in [0, 0.1) is 21.4 Å². The molecule has 1 fully saturated rings. The average Bonchev–Trinajstić information content (AvgIpc) is 2.59. The van der Waals surface area contributed by atoms with Crippen molar-refractivity contribution >= 4 is 29.1 Å². The Morgan fingerprint density at radius 3 is 2.54 bits per heavy atom. The van der Waals surface area contributed by atoms with Gasteiger partial charge in [0, 0.05) is 17.7 Å². The van der Waals surface area contributed by atoms with E-state index in [2.05, 4.69) is 10.1 Å². The topological polar surface area (TPSA) is 189 Å². The summed E-state index contributed by atoms with van der Waals surface area (Å²) in [5.41, 5.74) is 12.0. The van der Waals surface area contributed by atoms with Crippen LogP contribution in [0.1, 0.15) is 19.4 Å². The summed E-state index contributed by atoms with van der Waals surface area (Å²) in [6.45, 7) is 2.92. The van der Waals surface area contributed by atoms with Gasteiger partial charge in [-0.15, -0.1) is 0 Å². The number of carboxylic acids is 1. The number of carbonyl (C=O) groups is 3. The first-order valence-corrected chi connectivity index (χ1v) is 8.33. The first kappa shape index (κ1) is 20.9. The monoisotopic (exact) mass is 389 g/mol. The molecular weight excluding hydrogens is 370 g/mol. The van der Waals surface area contributed by atoms with Crippen molar-refractivity contribution in [2.24, 2.45) is 17.1 Å². The Balaban J connectivity index is 2.59. The number of hydrogen-bond donors (Lipinski definition) is 3.